The van der Waals surface area contributed by atoms with Crippen LogP contribution in [0.2, 0.25) is 6.04 Å². The predicted octanol–water partition coefficient (Wildman–Crippen LogP) is 4.91. The van der Waals surface area contributed by atoms with Gasteiger partial charge in [-0.05, 0) is 43.4 Å². The van der Waals surface area contributed by atoms with Gasteiger partial charge in [-0.1, -0.05) is 20.3 Å². The Bertz CT molecular complexity index is 478. The van der Waals surface area contributed by atoms with Crippen LogP contribution >= 0.6 is 0 Å². The lowest BCUT2D eigenvalue weighted by Crippen LogP contribution is -2.23. The van der Waals surface area contributed by atoms with E-state index in [2.05, 4.69) is 0 Å². The number of rotatable bonds is 11. The summed E-state index contributed by atoms with van der Waals surface area (Å²) in [5.41, 5.74) is -0.140. The summed E-state index contributed by atoms with van der Waals surface area (Å²) in [5.74, 6) is -6.18. The Morgan fingerprint density at radius 1 is 0.870 bits per heavy atom. The lowest BCUT2D eigenvalue weighted by molar-refractivity contribution is 0.195. The highest BCUT2D eigenvalue weighted by Crippen LogP contribution is 2.20. The van der Waals surface area contributed by atoms with Crippen molar-refractivity contribution in [3.8, 4) is 0 Å². The van der Waals surface area contributed by atoms with Crippen molar-refractivity contribution < 1.29 is 26.4 Å². The Morgan fingerprint density at radius 2 is 1.48 bits per heavy atom. The molecule has 0 saturated heterocycles. The van der Waals surface area contributed by atoms with Crippen LogP contribution in [-0.2, 0) is 15.3 Å². The van der Waals surface area contributed by atoms with Crippen molar-refractivity contribution in [1.82, 2.24) is 0 Å². The zero-order valence-electron chi connectivity index (χ0n) is 13.6. The predicted molar refractivity (Wildman–Crippen MR) is 82.3 cm³/mol. The summed E-state index contributed by atoms with van der Waals surface area (Å²) in [5, 5.41) is 0. The molecular weight excluding hydrogens is 328 g/mol. The van der Waals surface area contributed by atoms with E-state index in [1.807, 2.05) is 13.8 Å². The van der Waals surface area contributed by atoms with Crippen molar-refractivity contribution in [1.29, 1.82) is 0 Å². The molecule has 1 aromatic rings. The van der Waals surface area contributed by atoms with Crippen LogP contribution in [0.15, 0.2) is 6.07 Å². The Labute approximate surface area is 136 Å². The second-order valence-corrected chi connectivity index (χ2v) is 7.06. The van der Waals surface area contributed by atoms with Crippen LogP contribution in [0.3, 0.4) is 0 Å². The molecule has 0 amide bonds. The fourth-order valence-corrected chi connectivity index (χ4v) is 3.78. The molecule has 0 aromatic heterocycles. The molecule has 0 aliphatic rings. The second-order valence-electron chi connectivity index (χ2n) is 5.24. The summed E-state index contributed by atoms with van der Waals surface area (Å²) in [4.78, 5) is 0. The molecule has 0 aliphatic heterocycles. The van der Waals surface area contributed by atoms with Gasteiger partial charge in [-0.25, -0.2) is 17.6 Å². The Balaban J connectivity index is 2.46. The Kier molecular flexibility index (Phi) is 9.43. The monoisotopic (exact) mass is 351 g/mol. The summed E-state index contributed by atoms with van der Waals surface area (Å²) >= 11 is 0. The summed E-state index contributed by atoms with van der Waals surface area (Å²) in [6.45, 7) is 5.31. The van der Waals surface area contributed by atoms with E-state index >= 15 is 0 Å². The van der Waals surface area contributed by atoms with Crippen molar-refractivity contribution in [2.75, 3.05) is 13.2 Å². The van der Waals surface area contributed by atoms with Gasteiger partial charge in [-0.15, -0.1) is 0 Å². The van der Waals surface area contributed by atoms with E-state index in [0.717, 1.165) is 25.0 Å². The first-order chi connectivity index (χ1) is 11.0. The topological polar surface area (TPSA) is 18.5 Å². The highest BCUT2D eigenvalue weighted by molar-refractivity contribution is 6.44. The lowest BCUT2D eigenvalue weighted by atomic mass is 10.1. The fourth-order valence-electron chi connectivity index (χ4n) is 2.01. The van der Waals surface area contributed by atoms with E-state index < -0.39 is 32.6 Å². The molecule has 0 atom stereocenters. The van der Waals surface area contributed by atoms with Crippen molar-refractivity contribution in [2.24, 2.45) is 0 Å². The molecule has 0 aliphatic carbocycles. The van der Waals surface area contributed by atoms with E-state index in [9.17, 15) is 17.6 Å². The molecule has 0 bridgehead atoms. The third kappa shape index (κ3) is 6.61. The van der Waals surface area contributed by atoms with Gasteiger partial charge in [0.05, 0.1) is 0 Å². The van der Waals surface area contributed by atoms with Gasteiger partial charge in [0.25, 0.3) is 0 Å². The normalized spacial score (nSPS) is 11.4. The molecule has 0 N–H and O–H groups in total. The third-order valence-corrected chi connectivity index (χ3v) is 5.00. The smallest absolute Gasteiger partial charge is 0.384 e. The standard InChI is InChI=1S/C16H23F4O2Si/c1-3-8-21-23(22-9-4-2)10-6-5-7-12-11-13(17)15(19)16(20)14(12)18/h11H,3-10H2,1-2H3. The number of hydrogen-bond acceptors (Lipinski definition) is 2. The molecule has 1 aromatic carbocycles. The minimum absolute atomic E-state index is 0.140. The largest absolute Gasteiger partial charge is 0.393 e. The fraction of sp³-hybridized carbons (Fsp3) is 0.625. The number of halogens is 4. The van der Waals surface area contributed by atoms with Crippen LogP contribution in [-0.4, -0.2) is 22.5 Å². The van der Waals surface area contributed by atoms with E-state index in [-0.39, 0.29) is 12.0 Å². The van der Waals surface area contributed by atoms with Gasteiger partial charge in [-0.2, -0.15) is 0 Å². The molecule has 0 fully saturated rings. The summed E-state index contributed by atoms with van der Waals surface area (Å²) in [7, 11) is -1.36. The summed E-state index contributed by atoms with van der Waals surface area (Å²) < 4.78 is 64.0. The maximum absolute atomic E-state index is 13.5. The first kappa shape index (κ1) is 20.1. The van der Waals surface area contributed by atoms with Gasteiger partial charge in [0.1, 0.15) is 0 Å². The molecule has 0 saturated carbocycles. The SMILES string of the molecule is CCCO[Si](CCCCc1cc(F)c(F)c(F)c1F)OCCC. The van der Waals surface area contributed by atoms with Gasteiger partial charge < -0.3 is 8.85 Å². The minimum atomic E-state index is -1.77. The Morgan fingerprint density at radius 3 is 2.04 bits per heavy atom. The molecule has 0 unspecified atom stereocenters. The maximum atomic E-state index is 13.5. The number of hydrogen-bond donors (Lipinski definition) is 0. The van der Waals surface area contributed by atoms with Crippen LogP contribution in [0.1, 0.15) is 45.1 Å². The molecule has 23 heavy (non-hydrogen) atoms. The Hall–Kier alpha value is -0.923. The molecule has 0 heterocycles. The van der Waals surface area contributed by atoms with Crippen molar-refractivity contribution in [3.05, 3.63) is 34.9 Å². The van der Waals surface area contributed by atoms with Crippen LogP contribution in [0.25, 0.3) is 0 Å². The zero-order chi connectivity index (χ0) is 17.2. The number of aryl methyl sites for hydroxylation is 1. The van der Waals surface area contributed by atoms with E-state index in [1.54, 1.807) is 0 Å². The number of unbranched alkanes of at least 4 members (excludes halogenated alkanes) is 1. The molecule has 0 spiro atoms. The summed E-state index contributed by atoms with van der Waals surface area (Å²) in [6, 6.07) is 1.44. The molecule has 2 nitrogen and oxygen atoms in total. The third-order valence-electron chi connectivity index (χ3n) is 3.19. The molecule has 1 rings (SSSR count). The van der Waals surface area contributed by atoms with E-state index in [0.29, 0.717) is 26.1 Å². The average molecular weight is 351 g/mol. The maximum Gasteiger partial charge on any atom is 0.384 e. The molecule has 7 heteroatoms. The second kappa shape index (κ2) is 10.8. The van der Waals surface area contributed by atoms with Crippen molar-refractivity contribution >= 4 is 9.28 Å². The zero-order valence-corrected chi connectivity index (χ0v) is 14.6. The first-order valence-electron chi connectivity index (χ1n) is 7.94. The highest BCUT2D eigenvalue weighted by atomic mass is 28.3. The van der Waals surface area contributed by atoms with Crippen LogP contribution < -0.4 is 0 Å². The molecule has 1 radical (unpaired) electrons. The summed E-state index contributed by atoms with van der Waals surface area (Å²) in [6.07, 6.45) is 3.19. The number of benzene rings is 1. The van der Waals surface area contributed by atoms with Gasteiger partial charge in [-0.3, -0.25) is 0 Å². The van der Waals surface area contributed by atoms with Crippen molar-refractivity contribution in [3.63, 3.8) is 0 Å². The van der Waals surface area contributed by atoms with Crippen LogP contribution in [0.4, 0.5) is 17.6 Å². The highest BCUT2D eigenvalue weighted by Gasteiger charge is 2.19. The molecule has 131 valence electrons. The quantitative estimate of drug-likeness (QED) is 0.185. The van der Waals surface area contributed by atoms with E-state index in [1.165, 1.54) is 0 Å². The van der Waals surface area contributed by atoms with Crippen molar-refractivity contribution in [2.45, 2.75) is 52.0 Å². The van der Waals surface area contributed by atoms with Gasteiger partial charge in [0.15, 0.2) is 23.3 Å². The molecular formula is C16H23F4O2Si. The van der Waals surface area contributed by atoms with Gasteiger partial charge in [0, 0.05) is 13.2 Å². The van der Waals surface area contributed by atoms with Gasteiger partial charge >= 0.3 is 9.28 Å². The van der Waals surface area contributed by atoms with Crippen LogP contribution in [0.5, 0.6) is 0 Å². The first-order valence-corrected chi connectivity index (χ1v) is 9.46. The minimum Gasteiger partial charge on any atom is -0.393 e. The lowest BCUT2D eigenvalue weighted by Gasteiger charge is -2.14. The average Bonchev–Trinajstić information content (AvgIpc) is 2.55. The van der Waals surface area contributed by atoms with Crippen LogP contribution in [0, 0.1) is 23.3 Å². The van der Waals surface area contributed by atoms with Gasteiger partial charge in [0.2, 0.25) is 0 Å². The van der Waals surface area contributed by atoms with E-state index in [4.69, 9.17) is 8.85 Å².